The molecule has 2 aliphatic rings. The quantitative estimate of drug-likeness (QED) is 0.900. The number of benzene rings is 1. The molecular formula is C17H17ClN2OS. The van der Waals surface area contributed by atoms with Crippen LogP contribution in [0.15, 0.2) is 36.4 Å². The summed E-state index contributed by atoms with van der Waals surface area (Å²) in [6.45, 7) is 0. The van der Waals surface area contributed by atoms with Gasteiger partial charge in [0.2, 0.25) is 0 Å². The second-order valence-corrected chi connectivity index (χ2v) is 7.48. The molecule has 1 aromatic heterocycles. The van der Waals surface area contributed by atoms with Gasteiger partial charge >= 0.3 is 0 Å². The Hall–Kier alpha value is -1.36. The fourth-order valence-electron chi connectivity index (χ4n) is 3.49. The summed E-state index contributed by atoms with van der Waals surface area (Å²) < 4.78 is 0. The molecule has 0 aliphatic carbocycles. The van der Waals surface area contributed by atoms with Gasteiger partial charge in [0.25, 0.3) is 5.91 Å². The summed E-state index contributed by atoms with van der Waals surface area (Å²) in [5.41, 5.74) is 1.05. The zero-order valence-electron chi connectivity index (χ0n) is 12.0. The molecule has 3 atom stereocenters. The highest BCUT2D eigenvalue weighted by Crippen LogP contribution is 2.36. The number of halogens is 1. The van der Waals surface area contributed by atoms with E-state index < -0.39 is 0 Å². The zero-order chi connectivity index (χ0) is 15.1. The molecule has 2 fully saturated rings. The third kappa shape index (κ3) is 2.56. The highest BCUT2D eigenvalue weighted by atomic mass is 35.5. The van der Waals surface area contributed by atoms with E-state index in [9.17, 15) is 4.79 Å². The van der Waals surface area contributed by atoms with Crippen molar-refractivity contribution in [2.45, 2.75) is 37.4 Å². The average Bonchev–Trinajstić information content (AvgIpc) is 3.23. The molecule has 2 aliphatic heterocycles. The van der Waals surface area contributed by atoms with E-state index in [1.807, 2.05) is 30.3 Å². The van der Waals surface area contributed by atoms with Crippen LogP contribution in [0.3, 0.4) is 0 Å². The van der Waals surface area contributed by atoms with E-state index in [0.29, 0.717) is 22.0 Å². The summed E-state index contributed by atoms with van der Waals surface area (Å²) in [5.74, 6) is -0.00608. The Balaban J connectivity index is 1.52. The van der Waals surface area contributed by atoms with Gasteiger partial charge < -0.3 is 10.6 Å². The Labute approximate surface area is 138 Å². The van der Waals surface area contributed by atoms with Crippen molar-refractivity contribution in [2.75, 3.05) is 0 Å². The maximum absolute atomic E-state index is 12.5. The Morgan fingerprint density at radius 3 is 2.77 bits per heavy atom. The summed E-state index contributed by atoms with van der Waals surface area (Å²) >= 11 is 7.78. The zero-order valence-corrected chi connectivity index (χ0v) is 13.6. The summed E-state index contributed by atoms with van der Waals surface area (Å²) in [6, 6.07) is 13.0. The minimum atomic E-state index is -0.00608. The highest BCUT2D eigenvalue weighted by molar-refractivity contribution is 7.18. The van der Waals surface area contributed by atoms with Crippen molar-refractivity contribution >= 4 is 28.8 Å². The van der Waals surface area contributed by atoms with Crippen molar-refractivity contribution in [1.29, 1.82) is 0 Å². The molecule has 0 spiro atoms. The minimum absolute atomic E-state index is 0.00608. The van der Waals surface area contributed by atoms with Crippen LogP contribution in [0.4, 0.5) is 0 Å². The Morgan fingerprint density at radius 2 is 2.09 bits per heavy atom. The predicted octanol–water partition coefficient (Wildman–Crippen LogP) is 3.69. The van der Waals surface area contributed by atoms with Gasteiger partial charge in [-0.15, -0.1) is 11.3 Å². The van der Waals surface area contributed by atoms with Gasteiger partial charge in [0.1, 0.15) is 0 Å². The Morgan fingerprint density at radius 1 is 1.27 bits per heavy atom. The van der Waals surface area contributed by atoms with E-state index in [0.717, 1.165) is 23.3 Å². The smallest absolute Gasteiger partial charge is 0.261 e. The number of amides is 1. The van der Waals surface area contributed by atoms with Gasteiger partial charge in [-0.2, -0.15) is 0 Å². The average molecular weight is 333 g/mol. The van der Waals surface area contributed by atoms with Crippen molar-refractivity contribution in [3.05, 3.63) is 46.3 Å². The SMILES string of the molecule is O=C(N[C@@H]1C[C@H]2CC[C@@H]1N2)c1cc(Cl)c(-c2ccccc2)s1. The standard InChI is InChI=1S/C17H17ClN2OS/c18-12-9-15(22-16(12)10-4-2-1-3-5-10)17(21)20-14-8-11-6-7-13(14)19-11/h1-5,9,11,13-14,19H,6-8H2,(H,20,21)/t11-,13+,14-/m1/s1. The van der Waals surface area contributed by atoms with Crippen LogP contribution in [0.5, 0.6) is 0 Å². The number of fused-ring (bicyclic) bond motifs is 2. The van der Waals surface area contributed by atoms with E-state index in [-0.39, 0.29) is 11.9 Å². The first-order valence-corrected chi connectivity index (χ1v) is 8.82. The molecule has 2 aromatic rings. The predicted molar refractivity (Wildman–Crippen MR) is 90.6 cm³/mol. The van der Waals surface area contributed by atoms with Crippen molar-refractivity contribution in [1.82, 2.24) is 10.6 Å². The molecule has 1 aromatic carbocycles. The van der Waals surface area contributed by atoms with Crippen LogP contribution < -0.4 is 10.6 Å². The maximum Gasteiger partial charge on any atom is 0.261 e. The molecule has 22 heavy (non-hydrogen) atoms. The molecule has 0 saturated carbocycles. The number of carbonyl (C=O) groups excluding carboxylic acids is 1. The Kier molecular flexibility index (Phi) is 3.68. The van der Waals surface area contributed by atoms with Gasteiger partial charge in [-0.3, -0.25) is 4.79 Å². The number of rotatable bonds is 3. The van der Waals surface area contributed by atoms with Crippen LogP contribution in [-0.2, 0) is 0 Å². The van der Waals surface area contributed by atoms with Gasteiger partial charge in [-0.25, -0.2) is 0 Å². The van der Waals surface area contributed by atoms with Crippen LogP contribution in [-0.4, -0.2) is 24.0 Å². The molecule has 4 rings (SSSR count). The van der Waals surface area contributed by atoms with E-state index >= 15 is 0 Å². The molecule has 5 heteroatoms. The largest absolute Gasteiger partial charge is 0.347 e. The number of carbonyl (C=O) groups is 1. The normalized spacial score (nSPS) is 26.3. The lowest BCUT2D eigenvalue weighted by Gasteiger charge is -2.20. The fourth-order valence-corrected chi connectivity index (χ4v) is 4.85. The molecule has 2 saturated heterocycles. The molecule has 0 radical (unpaired) electrons. The third-order valence-corrected chi connectivity index (χ3v) is 6.16. The molecule has 0 unspecified atom stereocenters. The molecule has 1 amide bonds. The van der Waals surface area contributed by atoms with Crippen LogP contribution in [0, 0.1) is 0 Å². The number of hydrogen-bond donors (Lipinski definition) is 2. The molecular weight excluding hydrogens is 316 g/mol. The molecule has 3 heterocycles. The lowest BCUT2D eigenvalue weighted by atomic mass is 9.95. The second-order valence-electron chi connectivity index (χ2n) is 6.02. The topological polar surface area (TPSA) is 41.1 Å². The van der Waals surface area contributed by atoms with Crippen LogP contribution >= 0.6 is 22.9 Å². The second kappa shape index (κ2) is 5.69. The lowest BCUT2D eigenvalue weighted by Crippen LogP contribution is -2.42. The molecule has 2 bridgehead atoms. The number of thiophene rings is 1. The van der Waals surface area contributed by atoms with Crippen molar-refractivity contribution in [3.63, 3.8) is 0 Å². The number of nitrogens with one attached hydrogen (secondary N) is 2. The summed E-state index contributed by atoms with van der Waals surface area (Å²) in [7, 11) is 0. The van der Waals surface area contributed by atoms with Crippen LogP contribution in [0.2, 0.25) is 5.02 Å². The summed E-state index contributed by atoms with van der Waals surface area (Å²) in [6.07, 6.45) is 3.44. The van der Waals surface area contributed by atoms with E-state index in [4.69, 9.17) is 11.6 Å². The van der Waals surface area contributed by atoms with Crippen molar-refractivity contribution < 1.29 is 4.79 Å². The summed E-state index contributed by atoms with van der Waals surface area (Å²) in [4.78, 5) is 14.1. The van der Waals surface area contributed by atoms with Crippen LogP contribution in [0.25, 0.3) is 10.4 Å². The number of hydrogen-bond acceptors (Lipinski definition) is 3. The van der Waals surface area contributed by atoms with Crippen LogP contribution in [0.1, 0.15) is 28.9 Å². The van der Waals surface area contributed by atoms with Gasteiger partial charge in [-0.1, -0.05) is 41.9 Å². The maximum atomic E-state index is 12.5. The lowest BCUT2D eigenvalue weighted by molar-refractivity contribution is 0.0935. The molecule has 114 valence electrons. The van der Waals surface area contributed by atoms with Crippen molar-refractivity contribution in [3.8, 4) is 10.4 Å². The monoisotopic (exact) mass is 332 g/mol. The Bertz CT molecular complexity index is 700. The molecule has 3 nitrogen and oxygen atoms in total. The van der Waals surface area contributed by atoms with Gasteiger partial charge in [0, 0.05) is 18.1 Å². The highest BCUT2D eigenvalue weighted by Gasteiger charge is 2.39. The van der Waals surface area contributed by atoms with Crippen molar-refractivity contribution in [2.24, 2.45) is 0 Å². The minimum Gasteiger partial charge on any atom is -0.347 e. The fraction of sp³-hybridized carbons (Fsp3) is 0.353. The van der Waals surface area contributed by atoms with E-state index in [1.165, 1.54) is 17.8 Å². The van der Waals surface area contributed by atoms with Gasteiger partial charge in [0.15, 0.2) is 0 Å². The van der Waals surface area contributed by atoms with E-state index in [1.54, 1.807) is 6.07 Å². The van der Waals surface area contributed by atoms with Gasteiger partial charge in [-0.05, 0) is 30.9 Å². The summed E-state index contributed by atoms with van der Waals surface area (Å²) in [5, 5.41) is 7.35. The van der Waals surface area contributed by atoms with Gasteiger partial charge in [0.05, 0.1) is 14.8 Å². The first kappa shape index (κ1) is 14.2. The third-order valence-electron chi connectivity index (χ3n) is 4.56. The van der Waals surface area contributed by atoms with E-state index in [2.05, 4.69) is 10.6 Å². The first-order valence-electron chi connectivity index (χ1n) is 7.62. The molecule has 2 N–H and O–H groups in total. The first-order chi connectivity index (χ1) is 10.7.